The van der Waals surface area contributed by atoms with Crippen LogP contribution in [0.15, 0.2) is 47.6 Å². The average Bonchev–Trinajstić information content (AvgIpc) is 2.62. The van der Waals surface area contributed by atoms with E-state index >= 15 is 0 Å². The number of carbonyl (C=O) groups excluding carboxylic acids is 1. The summed E-state index contributed by atoms with van der Waals surface area (Å²) in [5, 5.41) is 22.1. The number of benzene rings is 2. The molecule has 0 aromatic heterocycles. The maximum absolute atomic E-state index is 11.6. The van der Waals surface area contributed by atoms with Crippen molar-refractivity contribution in [1.29, 1.82) is 5.26 Å². The quantitative estimate of drug-likeness (QED) is 0.622. The van der Waals surface area contributed by atoms with Crippen molar-refractivity contribution in [3.05, 3.63) is 53.6 Å². The van der Waals surface area contributed by atoms with E-state index in [4.69, 9.17) is 14.7 Å². The summed E-state index contributed by atoms with van der Waals surface area (Å²) in [5.74, 6) is 0.587. The summed E-state index contributed by atoms with van der Waals surface area (Å²) in [5.41, 5.74) is 3.20. The van der Waals surface area contributed by atoms with Gasteiger partial charge in [-0.3, -0.25) is 4.79 Å². The first kappa shape index (κ1) is 16.8. The molecule has 0 spiro atoms. The molecule has 0 aliphatic heterocycles. The van der Waals surface area contributed by atoms with Gasteiger partial charge >= 0.3 is 0 Å². The van der Waals surface area contributed by atoms with Crippen LogP contribution < -0.4 is 14.9 Å². The number of ether oxygens (including phenoxy) is 2. The lowest BCUT2D eigenvalue weighted by Gasteiger charge is -2.05. The number of hydrogen-bond acceptors (Lipinski definition) is 6. The number of nitrogens with one attached hydrogen (secondary N) is 1. The zero-order valence-electron chi connectivity index (χ0n) is 12.9. The van der Waals surface area contributed by atoms with Crippen LogP contribution in [-0.2, 0) is 4.79 Å². The van der Waals surface area contributed by atoms with E-state index in [9.17, 15) is 9.90 Å². The summed E-state index contributed by atoms with van der Waals surface area (Å²) in [6, 6.07) is 13.0. The van der Waals surface area contributed by atoms with Crippen molar-refractivity contribution in [2.45, 2.75) is 0 Å². The normalized spacial score (nSPS) is 10.2. The Morgan fingerprint density at radius 3 is 2.67 bits per heavy atom. The Labute approximate surface area is 138 Å². The zero-order chi connectivity index (χ0) is 17.4. The Kier molecular flexibility index (Phi) is 5.75. The highest BCUT2D eigenvalue weighted by molar-refractivity contribution is 5.85. The van der Waals surface area contributed by atoms with E-state index in [1.54, 1.807) is 36.4 Å². The first-order chi connectivity index (χ1) is 11.6. The monoisotopic (exact) mass is 325 g/mol. The summed E-state index contributed by atoms with van der Waals surface area (Å²) in [4.78, 5) is 11.6. The van der Waals surface area contributed by atoms with Crippen LogP contribution in [0.2, 0.25) is 0 Å². The molecule has 7 nitrogen and oxygen atoms in total. The number of carbonyl (C=O) groups is 1. The lowest BCUT2D eigenvalue weighted by molar-refractivity contribution is -0.123. The van der Waals surface area contributed by atoms with Crippen LogP contribution >= 0.6 is 0 Å². The molecule has 0 atom stereocenters. The van der Waals surface area contributed by atoms with Crippen molar-refractivity contribution in [2.75, 3.05) is 13.7 Å². The van der Waals surface area contributed by atoms with Gasteiger partial charge in [0.15, 0.2) is 6.61 Å². The molecule has 0 saturated heterocycles. The fourth-order valence-corrected chi connectivity index (χ4v) is 1.74. The number of hydrazone groups is 1. The van der Waals surface area contributed by atoms with Crippen LogP contribution in [0.3, 0.4) is 0 Å². The molecule has 0 bridgehead atoms. The minimum absolute atomic E-state index is 0.0163. The molecule has 0 radical (unpaired) electrons. The number of phenols is 1. The van der Waals surface area contributed by atoms with Gasteiger partial charge in [0.05, 0.1) is 25.0 Å². The van der Waals surface area contributed by atoms with Gasteiger partial charge in [-0.15, -0.1) is 0 Å². The number of rotatable bonds is 6. The number of nitriles is 1. The van der Waals surface area contributed by atoms with Crippen LogP contribution in [0.5, 0.6) is 17.2 Å². The summed E-state index contributed by atoms with van der Waals surface area (Å²) in [6.07, 6.45) is 1.30. The number of aromatic hydroxyl groups is 1. The summed E-state index contributed by atoms with van der Waals surface area (Å²) in [6.45, 7) is -0.229. The van der Waals surface area contributed by atoms with E-state index in [0.29, 0.717) is 22.6 Å². The summed E-state index contributed by atoms with van der Waals surface area (Å²) in [7, 11) is 1.51. The molecule has 0 heterocycles. The lowest BCUT2D eigenvalue weighted by atomic mass is 10.2. The van der Waals surface area contributed by atoms with Crippen molar-refractivity contribution in [3.63, 3.8) is 0 Å². The van der Waals surface area contributed by atoms with Gasteiger partial charge in [0.1, 0.15) is 17.2 Å². The van der Waals surface area contributed by atoms with Gasteiger partial charge in [-0.25, -0.2) is 5.43 Å². The van der Waals surface area contributed by atoms with Crippen molar-refractivity contribution in [3.8, 4) is 23.3 Å². The molecule has 0 unspecified atom stereocenters. The van der Waals surface area contributed by atoms with Gasteiger partial charge in [0, 0.05) is 5.56 Å². The van der Waals surface area contributed by atoms with Crippen LogP contribution in [0.25, 0.3) is 0 Å². The number of nitrogens with zero attached hydrogens (tertiary/aromatic N) is 2. The van der Waals surface area contributed by atoms with E-state index in [-0.39, 0.29) is 12.4 Å². The predicted molar refractivity (Wildman–Crippen MR) is 87.0 cm³/mol. The predicted octanol–water partition coefficient (Wildman–Crippen LogP) is 1.80. The Morgan fingerprint density at radius 2 is 2.00 bits per heavy atom. The highest BCUT2D eigenvalue weighted by Crippen LogP contribution is 2.20. The molecule has 1 amide bonds. The molecule has 2 rings (SSSR count). The molecule has 24 heavy (non-hydrogen) atoms. The van der Waals surface area contributed by atoms with E-state index < -0.39 is 5.91 Å². The van der Waals surface area contributed by atoms with Gasteiger partial charge in [0.2, 0.25) is 0 Å². The molecule has 0 aliphatic carbocycles. The van der Waals surface area contributed by atoms with Crippen molar-refractivity contribution >= 4 is 12.1 Å². The first-order valence-corrected chi connectivity index (χ1v) is 6.94. The number of amides is 1. The third-order valence-electron chi connectivity index (χ3n) is 2.98. The van der Waals surface area contributed by atoms with Crippen LogP contribution in [0, 0.1) is 11.3 Å². The van der Waals surface area contributed by atoms with E-state index in [1.807, 2.05) is 6.07 Å². The lowest BCUT2D eigenvalue weighted by Crippen LogP contribution is -2.24. The topological polar surface area (TPSA) is 104 Å². The summed E-state index contributed by atoms with van der Waals surface area (Å²) >= 11 is 0. The standard InChI is InChI=1S/C17H15N3O4/c1-23-15-6-7-16(21)13(8-15)10-19-20-17(22)11-24-14-4-2-12(9-18)3-5-14/h2-8,10,21H,11H2,1H3,(H,20,22)/b19-10+. The first-order valence-electron chi connectivity index (χ1n) is 6.94. The fourth-order valence-electron chi connectivity index (χ4n) is 1.74. The Hall–Kier alpha value is -3.53. The van der Waals surface area contributed by atoms with Gasteiger partial charge in [0.25, 0.3) is 5.91 Å². The molecule has 7 heteroatoms. The maximum atomic E-state index is 11.6. The molecule has 0 saturated carbocycles. The molecule has 122 valence electrons. The molecular formula is C17H15N3O4. The molecular weight excluding hydrogens is 310 g/mol. The largest absolute Gasteiger partial charge is 0.507 e. The zero-order valence-corrected chi connectivity index (χ0v) is 12.9. The van der Waals surface area contributed by atoms with Crippen molar-refractivity contribution in [2.24, 2.45) is 5.10 Å². The number of methoxy groups -OCH3 is 1. The third-order valence-corrected chi connectivity index (χ3v) is 2.98. The second-order valence-electron chi connectivity index (χ2n) is 4.64. The minimum Gasteiger partial charge on any atom is -0.507 e. The van der Waals surface area contributed by atoms with E-state index in [1.165, 1.54) is 19.4 Å². The molecule has 2 aromatic rings. The second-order valence-corrected chi connectivity index (χ2v) is 4.64. The SMILES string of the molecule is COc1ccc(O)c(/C=N/NC(=O)COc2ccc(C#N)cc2)c1. The fraction of sp³-hybridized carbons (Fsp3) is 0.118. The number of hydrogen-bond donors (Lipinski definition) is 2. The highest BCUT2D eigenvalue weighted by Gasteiger charge is 2.03. The maximum Gasteiger partial charge on any atom is 0.277 e. The summed E-state index contributed by atoms with van der Waals surface area (Å²) < 4.78 is 10.3. The highest BCUT2D eigenvalue weighted by atomic mass is 16.5. The van der Waals surface area contributed by atoms with Crippen molar-refractivity contribution in [1.82, 2.24) is 5.43 Å². The van der Waals surface area contributed by atoms with E-state index in [0.717, 1.165) is 0 Å². The minimum atomic E-state index is -0.460. The molecule has 0 fully saturated rings. The second kappa shape index (κ2) is 8.19. The molecule has 2 N–H and O–H groups in total. The smallest absolute Gasteiger partial charge is 0.277 e. The molecule has 0 aliphatic rings. The Morgan fingerprint density at radius 1 is 1.29 bits per heavy atom. The number of phenolic OH excluding ortho intramolecular Hbond substituents is 1. The van der Waals surface area contributed by atoms with Gasteiger partial charge in [-0.1, -0.05) is 0 Å². The van der Waals surface area contributed by atoms with Gasteiger partial charge < -0.3 is 14.6 Å². The third kappa shape index (κ3) is 4.74. The van der Waals surface area contributed by atoms with Crippen molar-refractivity contribution < 1.29 is 19.4 Å². The van der Waals surface area contributed by atoms with Gasteiger partial charge in [-0.05, 0) is 42.5 Å². The van der Waals surface area contributed by atoms with Crippen LogP contribution in [-0.4, -0.2) is 30.9 Å². The van der Waals surface area contributed by atoms with E-state index in [2.05, 4.69) is 10.5 Å². The van der Waals surface area contributed by atoms with Crippen LogP contribution in [0.1, 0.15) is 11.1 Å². The van der Waals surface area contributed by atoms with Gasteiger partial charge in [-0.2, -0.15) is 10.4 Å². The average molecular weight is 325 g/mol. The Bertz CT molecular complexity index is 779. The molecule has 2 aromatic carbocycles. The Balaban J connectivity index is 1.85. The van der Waals surface area contributed by atoms with Crippen LogP contribution in [0.4, 0.5) is 0 Å².